The second-order valence-electron chi connectivity index (χ2n) is 6.06. The van der Waals surface area contributed by atoms with Gasteiger partial charge in [0.15, 0.2) is 0 Å². The maximum absolute atomic E-state index is 11.7. The fourth-order valence-electron chi connectivity index (χ4n) is 1.93. The van der Waals surface area contributed by atoms with Gasteiger partial charge in [0.2, 0.25) is 0 Å². The quantitative estimate of drug-likeness (QED) is 0.413. The second kappa shape index (κ2) is 10.3. The van der Waals surface area contributed by atoms with Gasteiger partial charge in [-0.05, 0) is 0 Å². The van der Waals surface area contributed by atoms with Crippen LogP contribution in [0.1, 0.15) is 52.4 Å². The number of hydrogen-bond donors (Lipinski definition) is 0. The molecule has 0 aliphatic rings. The van der Waals surface area contributed by atoms with E-state index in [-0.39, 0.29) is 11.9 Å². The summed E-state index contributed by atoms with van der Waals surface area (Å²) in [7, 11) is 0. The van der Waals surface area contributed by atoms with Crippen molar-refractivity contribution in [1.29, 1.82) is 0 Å². The van der Waals surface area contributed by atoms with Crippen LogP contribution >= 0.6 is 0 Å². The van der Waals surface area contributed by atoms with E-state index in [9.17, 15) is 9.59 Å². The van der Waals surface area contributed by atoms with Gasteiger partial charge < -0.3 is 0 Å². The molecule has 0 aromatic carbocycles. The van der Waals surface area contributed by atoms with Gasteiger partial charge in [-0.2, -0.15) is 0 Å². The Hall–Kier alpha value is 0.497. The molecule has 124 valence electrons. The molecule has 0 fully saturated rings. The normalized spacial score (nSPS) is 12.1. The van der Waals surface area contributed by atoms with E-state index < -0.39 is 38.4 Å². The zero-order valence-corrected chi connectivity index (χ0v) is 20.0. The molecule has 0 heterocycles. The molecular weight excluding hydrogens is 486 g/mol. The van der Waals surface area contributed by atoms with Crippen molar-refractivity contribution in [3.63, 3.8) is 0 Å². The molecule has 21 heavy (non-hydrogen) atoms. The van der Waals surface area contributed by atoms with Crippen molar-refractivity contribution < 1.29 is 17.1 Å². The Labute approximate surface area is 139 Å². The molecule has 0 amide bonds. The van der Waals surface area contributed by atoms with Gasteiger partial charge in [0.1, 0.15) is 0 Å². The molecule has 0 atom stereocenters. The first-order chi connectivity index (χ1) is 9.62. The van der Waals surface area contributed by atoms with Crippen molar-refractivity contribution in [1.82, 2.24) is 0 Å². The standard InChI is InChI=1S/2C5H10O2.4CH3.O.2Sn/c2*1-2-3-4-5(6)7;;;;;;;/h2*2-4H2,1H3,(H,6,7);4*1H3;;;/q;;;;;;;2*+1/p-2. The molecule has 0 aliphatic carbocycles. The third kappa shape index (κ3) is 11.7. The van der Waals surface area contributed by atoms with Crippen LogP contribution in [-0.2, 0) is 17.1 Å². The fraction of sp³-hybridized carbons (Fsp3) is 0.857. The van der Waals surface area contributed by atoms with Crippen molar-refractivity contribution in [2.45, 2.75) is 72.1 Å². The summed E-state index contributed by atoms with van der Waals surface area (Å²) in [5.41, 5.74) is 0. The van der Waals surface area contributed by atoms with Crippen LogP contribution in [0.3, 0.4) is 0 Å². The van der Waals surface area contributed by atoms with Gasteiger partial charge in [-0.25, -0.2) is 0 Å². The summed E-state index contributed by atoms with van der Waals surface area (Å²) >= 11 is -6.74. The minimum absolute atomic E-state index is 0.183. The van der Waals surface area contributed by atoms with E-state index >= 15 is 0 Å². The molecule has 0 spiro atoms. The zero-order chi connectivity index (χ0) is 16.5. The summed E-state index contributed by atoms with van der Waals surface area (Å²) in [5, 5.41) is 0. The number of rotatable bonds is 10. The van der Waals surface area contributed by atoms with Crippen LogP contribution in [0.15, 0.2) is 0 Å². The van der Waals surface area contributed by atoms with Crippen LogP contribution in [-0.4, -0.2) is 50.3 Å². The van der Waals surface area contributed by atoms with Crippen molar-refractivity contribution in [3.05, 3.63) is 0 Å². The summed E-state index contributed by atoms with van der Waals surface area (Å²) in [6.07, 6.45) is 4.47. The molecular formula is C14H30O5Sn2. The Morgan fingerprint density at radius 3 is 1.38 bits per heavy atom. The van der Waals surface area contributed by atoms with E-state index in [4.69, 9.17) is 7.56 Å². The third-order valence-corrected chi connectivity index (χ3v) is 28.4. The number of carbonyl (C=O) groups is 2. The molecule has 0 bridgehead atoms. The number of hydrogen-bond acceptors (Lipinski definition) is 5. The van der Waals surface area contributed by atoms with E-state index in [1.807, 2.05) is 33.6 Å². The van der Waals surface area contributed by atoms with Crippen molar-refractivity contribution in [3.8, 4) is 0 Å². The van der Waals surface area contributed by atoms with Crippen LogP contribution in [0.2, 0.25) is 19.8 Å². The van der Waals surface area contributed by atoms with Crippen molar-refractivity contribution in [2.75, 3.05) is 0 Å². The van der Waals surface area contributed by atoms with Crippen LogP contribution < -0.4 is 0 Å². The Morgan fingerprint density at radius 2 is 1.10 bits per heavy atom. The van der Waals surface area contributed by atoms with Gasteiger partial charge >= 0.3 is 140 Å². The number of carbonyl (C=O) groups excluding carboxylic acids is 2. The second-order valence-corrected chi connectivity index (χ2v) is 27.7. The number of unbranched alkanes of at least 4 members (excludes halogenated alkanes) is 2. The monoisotopic (exact) mass is 518 g/mol. The van der Waals surface area contributed by atoms with Gasteiger partial charge in [-0.15, -0.1) is 0 Å². The van der Waals surface area contributed by atoms with E-state index in [1.165, 1.54) is 0 Å². The molecule has 0 aliphatic heterocycles. The Balaban J connectivity index is 4.39. The Bertz CT molecular complexity index is 310. The molecule has 0 unspecified atom stereocenters. The van der Waals surface area contributed by atoms with Gasteiger partial charge in [-0.1, -0.05) is 0 Å². The van der Waals surface area contributed by atoms with Crippen molar-refractivity contribution >= 4 is 50.3 Å². The fourth-order valence-corrected chi connectivity index (χ4v) is 33.5. The van der Waals surface area contributed by atoms with Gasteiger partial charge in [0.25, 0.3) is 0 Å². The van der Waals surface area contributed by atoms with Gasteiger partial charge in [-0.3, -0.25) is 0 Å². The first-order valence-electron chi connectivity index (χ1n) is 7.75. The SMILES string of the molecule is CCCCC(=O)[O][Sn]([CH3])([CH3])[O][Sn]([CH3])([CH3])[O]C(=O)CCCC. The van der Waals surface area contributed by atoms with Crippen LogP contribution in [0.4, 0.5) is 0 Å². The molecule has 5 nitrogen and oxygen atoms in total. The van der Waals surface area contributed by atoms with Crippen LogP contribution in [0.25, 0.3) is 0 Å². The molecule has 0 radical (unpaired) electrons. The molecule has 0 saturated heterocycles. The summed E-state index contributed by atoms with van der Waals surface area (Å²) in [6.45, 7) is 4.07. The van der Waals surface area contributed by atoms with Gasteiger partial charge in [0, 0.05) is 0 Å². The topological polar surface area (TPSA) is 61.8 Å². The van der Waals surface area contributed by atoms with Crippen molar-refractivity contribution in [2.24, 2.45) is 0 Å². The minimum atomic E-state index is -3.37. The molecule has 0 saturated carbocycles. The molecule has 0 aromatic rings. The summed E-state index contributed by atoms with van der Waals surface area (Å²) in [5.74, 6) is -0.367. The Kier molecular flexibility index (Phi) is 10.5. The van der Waals surface area contributed by atoms with E-state index in [0.29, 0.717) is 12.8 Å². The first kappa shape index (κ1) is 21.5. The summed E-state index contributed by atoms with van der Waals surface area (Å²) in [6, 6.07) is 0. The molecule has 7 heteroatoms. The van der Waals surface area contributed by atoms with E-state index in [2.05, 4.69) is 0 Å². The van der Waals surface area contributed by atoms with Crippen LogP contribution in [0, 0.1) is 0 Å². The van der Waals surface area contributed by atoms with Gasteiger partial charge in [0.05, 0.1) is 0 Å². The molecule has 0 N–H and O–H groups in total. The van der Waals surface area contributed by atoms with E-state index in [0.717, 1.165) is 25.7 Å². The average molecular weight is 516 g/mol. The molecule has 0 rings (SSSR count). The predicted molar refractivity (Wildman–Crippen MR) is 87.3 cm³/mol. The van der Waals surface area contributed by atoms with Crippen LogP contribution in [0.5, 0.6) is 0 Å². The summed E-state index contributed by atoms with van der Waals surface area (Å²) in [4.78, 5) is 31.1. The Morgan fingerprint density at radius 1 is 0.762 bits per heavy atom. The zero-order valence-electron chi connectivity index (χ0n) is 14.3. The first-order valence-corrected chi connectivity index (χ1v) is 23.8. The maximum atomic E-state index is 11.7. The average Bonchev–Trinajstić information content (AvgIpc) is 2.30. The summed E-state index contributed by atoms with van der Waals surface area (Å²) < 4.78 is 17.2. The third-order valence-electron chi connectivity index (χ3n) is 2.68. The molecule has 0 aromatic heterocycles. The van der Waals surface area contributed by atoms with E-state index in [1.54, 1.807) is 0 Å². The predicted octanol–water partition coefficient (Wildman–Crippen LogP) is 3.87.